The third-order valence-electron chi connectivity index (χ3n) is 2.89. The summed E-state index contributed by atoms with van der Waals surface area (Å²) in [7, 11) is 0. The molecule has 1 heterocycles. The molecule has 0 aromatic heterocycles. The van der Waals surface area contributed by atoms with Crippen LogP contribution in [0.4, 0.5) is 0 Å². The van der Waals surface area contributed by atoms with E-state index in [-0.39, 0.29) is 25.0 Å². The molecule has 1 aromatic rings. The molecule has 1 atom stereocenters. The molecular formula is C14H15NO4. The van der Waals surface area contributed by atoms with Crippen LogP contribution in [-0.4, -0.2) is 41.3 Å². The van der Waals surface area contributed by atoms with E-state index in [1.54, 1.807) is 31.2 Å². The highest BCUT2D eigenvalue weighted by Crippen LogP contribution is 2.21. The van der Waals surface area contributed by atoms with Crippen molar-refractivity contribution in [3.8, 4) is 0 Å². The molecule has 1 unspecified atom stereocenters. The maximum Gasteiger partial charge on any atom is 0.261 e. The predicted octanol–water partition coefficient (Wildman–Crippen LogP) is 1.19. The van der Waals surface area contributed by atoms with Crippen molar-refractivity contribution in [2.45, 2.75) is 13.2 Å². The number of hydrogen-bond acceptors (Lipinski definition) is 4. The van der Waals surface area contributed by atoms with Gasteiger partial charge in [-0.05, 0) is 24.6 Å². The van der Waals surface area contributed by atoms with Crippen molar-refractivity contribution >= 4 is 11.8 Å². The third kappa shape index (κ3) is 2.57. The van der Waals surface area contributed by atoms with Gasteiger partial charge in [-0.15, -0.1) is 0 Å². The molecule has 5 heteroatoms. The van der Waals surface area contributed by atoms with Gasteiger partial charge in [0.25, 0.3) is 11.8 Å². The molecule has 0 radical (unpaired) electrons. The summed E-state index contributed by atoms with van der Waals surface area (Å²) >= 11 is 0. The van der Waals surface area contributed by atoms with E-state index in [0.717, 1.165) is 4.90 Å². The Labute approximate surface area is 111 Å². The highest BCUT2D eigenvalue weighted by atomic mass is 16.6. The number of amides is 2. The second kappa shape index (κ2) is 5.34. The first-order valence-corrected chi connectivity index (χ1v) is 5.92. The molecule has 2 amide bonds. The number of rotatable bonds is 5. The van der Waals surface area contributed by atoms with Crippen LogP contribution in [0.1, 0.15) is 27.6 Å². The number of aliphatic hydroxyl groups excluding tert-OH is 1. The van der Waals surface area contributed by atoms with Crippen LogP contribution in [-0.2, 0) is 4.74 Å². The quantitative estimate of drug-likeness (QED) is 0.491. The summed E-state index contributed by atoms with van der Waals surface area (Å²) in [5.41, 5.74) is 1.29. The van der Waals surface area contributed by atoms with Gasteiger partial charge in [-0.25, -0.2) is 0 Å². The first-order valence-electron chi connectivity index (χ1n) is 5.92. The van der Waals surface area contributed by atoms with E-state index in [1.165, 1.54) is 0 Å². The van der Waals surface area contributed by atoms with Crippen LogP contribution in [0, 0.1) is 0 Å². The molecule has 0 saturated heterocycles. The van der Waals surface area contributed by atoms with Gasteiger partial charge in [0.2, 0.25) is 0 Å². The van der Waals surface area contributed by atoms with Gasteiger partial charge in [0, 0.05) is 0 Å². The zero-order chi connectivity index (χ0) is 14.0. The first-order chi connectivity index (χ1) is 9.02. The zero-order valence-corrected chi connectivity index (χ0v) is 10.6. The average molecular weight is 261 g/mol. The van der Waals surface area contributed by atoms with Crippen LogP contribution in [0.25, 0.3) is 0 Å². The van der Waals surface area contributed by atoms with E-state index in [2.05, 4.69) is 6.58 Å². The molecule has 0 bridgehead atoms. The molecule has 1 aliphatic heterocycles. The summed E-state index contributed by atoms with van der Waals surface area (Å²) in [6, 6.07) is 6.68. The fourth-order valence-corrected chi connectivity index (χ4v) is 1.84. The number of nitrogens with zero attached hydrogens (tertiary/aromatic N) is 1. The van der Waals surface area contributed by atoms with Gasteiger partial charge in [0.05, 0.1) is 24.3 Å². The van der Waals surface area contributed by atoms with E-state index >= 15 is 0 Å². The standard InChI is InChI=1S/C14H15NO4/c1-9(2)14(18)19-8-7-15-12(16)10-5-3-4-6-11(10)13(15)17/h3-6,14,18H,1,7-8H2,2H3. The molecule has 2 rings (SSSR count). The number of benzene rings is 1. The molecule has 19 heavy (non-hydrogen) atoms. The molecule has 1 N–H and O–H groups in total. The van der Waals surface area contributed by atoms with Gasteiger partial charge >= 0.3 is 0 Å². The van der Waals surface area contributed by atoms with Gasteiger partial charge in [0.15, 0.2) is 6.29 Å². The van der Waals surface area contributed by atoms with E-state index in [1.807, 2.05) is 0 Å². The molecule has 0 fully saturated rings. The Balaban J connectivity index is 1.99. The summed E-state index contributed by atoms with van der Waals surface area (Å²) in [6.45, 7) is 5.35. The maximum atomic E-state index is 12.0. The molecule has 100 valence electrons. The van der Waals surface area contributed by atoms with Crippen molar-refractivity contribution < 1.29 is 19.4 Å². The second-order valence-electron chi connectivity index (χ2n) is 4.38. The highest BCUT2D eigenvalue weighted by Gasteiger charge is 2.34. The Bertz CT molecular complexity index is 503. The fourth-order valence-electron chi connectivity index (χ4n) is 1.84. The number of carbonyl (C=O) groups excluding carboxylic acids is 2. The lowest BCUT2D eigenvalue weighted by atomic mass is 10.1. The van der Waals surface area contributed by atoms with Gasteiger partial charge in [-0.1, -0.05) is 18.7 Å². The Morgan fingerprint density at radius 3 is 2.32 bits per heavy atom. The van der Waals surface area contributed by atoms with Crippen LogP contribution in [0.3, 0.4) is 0 Å². The van der Waals surface area contributed by atoms with Crippen LogP contribution in [0.15, 0.2) is 36.4 Å². The van der Waals surface area contributed by atoms with Crippen molar-refractivity contribution in [1.82, 2.24) is 4.90 Å². The van der Waals surface area contributed by atoms with Crippen LogP contribution < -0.4 is 0 Å². The van der Waals surface area contributed by atoms with Crippen molar-refractivity contribution in [1.29, 1.82) is 0 Å². The lowest BCUT2D eigenvalue weighted by Crippen LogP contribution is -2.34. The smallest absolute Gasteiger partial charge is 0.261 e. The minimum absolute atomic E-state index is 0.0689. The fraction of sp³-hybridized carbons (Fsp3) is 0.286. The van der Waals surface area contributed by atoms with Crippen LogP contribution in [0.5, 0.6) is 0 Å². The van der Waals surface area contributed by atoms with E-state index in [4.69, 9.17) is 4.74 Å². The van der Waals surface area contributed by atoms with Gasteiger partial charge < -0.3 is 9.84 Å². The van der Waals surface area contributed by atoms with E-state index in [0.29, 0.717) is 16.7 Å². The number of aliphatic hydroxyl groups is 1. The van der Waals surface area contributed by atoms with Gasteiger partial charge in [0.1, 0.15) is 0 Å². The topological polar surface area (TPSA) is 66.8 Å². The number of imide groups is 1. The SMILES string of the molecule is C=C(C)C(O)OCCN1C(=O)c2ccccc2C1=O. The molecule has 1 aromatic carbocycles. The van der Waals surface area contributed by atoms with Gasteiger partial charge in [-0.2, -0.15) is 0 Å². The monoisotopic (exact) mass is 261 g/mol. The van der Waals surface area contributed by atoms with Crippen molar-refractivity contribution in [2.24, 2.45) is 0 Å². The zero-order valence-electron chi connectivity index (χ0n) is 10.6. The largest absolute Gasteiger partial charge is 0.364 e. The molecule has 1 aliphatic rings. The van der Waals surface area contributed by atoms with Gasteiger partial charge in [-0.3, -0.25) is 14.5 Å². The molecule has 0 aliphatic carbocycles. The maximum absolute atomic E-state index is 12.0. The average Bonchev–Trinajstić information content (AvgIpc) is 2.64. The van der Waals surface area contributed by atoms with Crippen LogP contribution in [0.2, 0.25) is 0 Å². The van der Waals surface area contributed by atoms with Crippen molar-refractivity contribution in [3.05, 3.63) is 47.5 Å². The minimum atomic E-state index is -1.07. The van der Waals surface area contributed by atoms with Crippen LogP contribution >= 0.6 is 0 Å². The van der Waals surface area contributed by atoms with E-state index < -0.39 is 6.29 Å². The highest BCUT2D eigenvalue weighted by molar-refractivity contribution is 6.21. The Kier molecular flexibility index (Phi) is 3.78. The van der Waals surface area contributed by atoms with E-state index in [9.17, 15) is 14.7 Å². The summed E-state index contributed by atoms with van der Waals surface area (Å²) in [6.07, 6.45) is -1.07. The number of carbonyl (C=O) groups is 2. The summed E-state index contributed by atoms with van der Waals surface area (Å²) < 4.78 is 5.07. The number of fused-ring (bicyclic) bond motifs is 1. The molecule has 5 nitrogen and oxygen atoms in total. The number of ether oxygens (including phenoxy) is 1. The Morgan fingerprint density at radius 2 is 1.84 bits per heavy atom. The summed E-state index contributed by atoms with van der Waals surface area (Å²) in [5.74, 6) is -0.650. The predicted molar refractivity (Wildman–Crippen MR) is 68.6 cm³/mol. The molecule has 0 spiro atoms. The molecular weight excluding hydrogens is 246 g/mol. The van der Waals surface area contributed by atoms with Crippen molar-refractivity contribution in [2.75, 3.05) is 13.2 Å². The Morgan fingerprint density at radius 1 is 1.32 bits per heavy atom. The lowest BCUT2D eigenvalue weighted by molar-refractivity contribution is -0.0738. The second-order valence-corrected chi connectivity index (χ2v) is 4.38. The first kappa shape index (κ1) is 13.5. The summed E-state index contributed by atoms with van der Waals surface area (Å²) in [4.78, 5) is 25.1. The normalized spacial score (nSPS) is 15.6. The summed E-state index contributed by atoms with van der Waals surface area (Å²) in [5, 5.41) is 9.40. The number of hydrogen-bond donors (Lipinski definition) is 1. The van der Waals surface area contributed by atoms with Crippen molar-refractivity contribution in [3.63, 3.8) is 0 Å². The molecule has 0 saturated carbocycles. The third-order valence-corrected chi connectivity index (χ3v) is 2.89. The Hall–Kier alpha value is -1.98. The lowest BCUT2D eigenvalue weighted by Gasteiger charge is -2.16. The minimum Gasteiger partial charge on any atom is -0.364 e.